The molecular weight excluding hydrogens is 769 g/mol. The third-order valence-electron chi connectivity index (χ3n) is 13.1. The molecule has 3 heteroatoms. The molecule has 0 fully saturated rings. The number of aromatic nitrogens is 2. The van der Waals surface area contributed by atoms with Crippen molar-refractivity contribution in [2.75, 3.05) is 0 Å². The van der Waals surface area contributed by atoms with Crippen LogP contribution in [0.4, 0.5) is 0 Å². The first kappa shape index (κ1) is 35.1. The molecule has 0 atom stereocenters. The molecule has 1 spiro atoms. The van der Waals surface area contributed by atoms with Crippen LogP contribution in [0.1, 0.15) is 22.3 Å². The lowest BCUT2D eigenvalue weighted by Gasteiger charge is -2.32. The van der Waals surface area contributed by atoms with Crippen LogP contribution >= 0.6 is 11.3 Å². The van der Waals surface area contributed by atoms with Gasteiger partial charge in [-0.1, -0.05) is 188 Å². The van der Waals surface area contributed by atoms with Crippen LogP contribution < -0.4 is 0 Å². The number of hydrogen-bond donors (Lipinski definition) is 0. The first-order chi connectivity index (χ1) is 30.7. The average molecular weight is 805 g/mol. The lowest BCUT2D eigenvalue weighted by atomic mass is 9.69. The molecule has 0 aliphatic heterocycles. The van der Waals surface area contributed by atoms with E-state index in [0.717, 1.165) is 44.8 Å². The molecule has 2 aliphatic rings. The summed E-state index contributed by atoms with van der Waals surface area (Å²) in [6.45, 7) is 0. The Hall–Kier alpha value is -7.72. The highest BCUT2D eigenvalue weighted by Crippen LogP contribution is 2.64. The SMILES string of the molecule is c1ccc(-c2cc(-c3cc(-c4cccc5c4C4(c6ccccc6-c6ccccc64)c4ccccc4-5)nc(-c4ccccc4)n3)cc(-c3cccc4c3sc3ccccc34)c2)cc1. The topological polar surface area (TPSA) is 25.8 Å². The van der Waals surface area contributed by atoms with E-state index in [4.69, 9.17) is 9.97 Å². The van der Waals surface area contributed by atoms with Gasteiger partial charge in [-0.25, -0.2) is 9.97 Å². The van der Waals surface area contributed by atoms with Crippen molar-refractivity contribution in [2.24, 2.45) is 0 Å². The van der Waals surface area contributed by atoms with E-state index < -0.39 is 5.41 Å². The van der Waals surface area contributed by atoms with Crippen LogP contribution in [-0.2, 0) is 5.41 Å². The molecule has 2 aromatic heterocycles. The third kappa shape index (κ3) is 5.09. The van der Waals surface area contributed by atoms with Crippen LogP contribution in [0, 0.1) is 0 Å². The maximum absolute atomic E-state index is 5.52. The molecular formula is C59H36N2S. The predicted octanol–water partition coefficient (Wildman–Crippen LogP) is 15.5. The van der Waals surface area contributed by atoms with Gasteiger partial charge in [-0.2, -0.15) is 0 Å². The molecule has 9 aromatic carbocycles. The summed E-state index contributed by atoms with van der Waals surface area (Å²) < 4.78 is 2.59. The molecule has 62 heavy (non-hydrogen) atoms. The number of hydrogen-bond acceptors (Lipinski definition) is 3. The molecule has 0 unspecified atom stereocenters. The molecule has 288 valence electrons. The van der Waals surface area contributed by atoms with E-state index in [1.54, 1.807) is 0 Å². The summed E-state index contributed by atoms with van der Waals surface area (Å²) in [5, 5.41) is 2.58. The van der Waals surface area contributed by atoms with Crippen molar-refractivity contribution in [2.45, 2.75) is 5.41 Å². The van der Waals surface area contributed by atoms with Crippen molar-refractivity contribution < 1.29 is 0 Å². The van der Waals surface area contributed by atoms with Gasteiger partial charge in [0.2, 0.25) is 0 Å². The van der Waals surface area contributed by atoms with Crippen LogP contribution in [-0.4, -0.2) is 9.97 Å². The van der Waals surface area contributed by atoms with E-state index in [2.05, 4.69) is 218 Å². The van der Waals surface area contributed by atoms with Crippen molar-refractivity contribution in [3.8, 4) is 78.4 Å². The van der Waals surface area contributed by atoms with E-state index in [0.29, 0.717) is 5.82 Å². The van der Waals surface area contributed by atoms with Crippen LogP contribution in [0.2, 0.25) is 0 Å². The average Bonchev–Trinajstić information content (AvgIpc) is 3.99. The highest BCUT2D eigenvalue weighted by atomic mass is 32.1. The molecule has 2 nitrogen and oxygen atoms in total. The standard InChI is InChI=1S/C59H36N2S/c1-3-17-37(18-4-1)39-33-40(42-25-15-27-48-46-24-10-14-32-55(46)62-57(42)48)35-41(34-39)53-36-54(61-58(60-53)38-19-5-2-6-20-38)49-28-16-26-47-45-23-9-13-31-52(45)59(56(47)49)50-29-11-7-21-43(50)44-22-8-12-30-51(44)59/h1-36H. The summed E-state index contributed by atoms with van der Waals surface area (Å²) in [6, 6.07) is 79.7. The van der Waals surface area contributed by atoms with Gasteiger partial charge >= 0.3 is 0 Å². The van der Waals surface area contributed by atoms with Crippen molar-refractivity contribution >= 4 is 31.5 Å². The van der Waals surface area contributed by atoms with Crippen molar-refractivity contribution in [1.82, 2.24) is 9.97 Å². The Morgan fingerprint density at radius 3 is 1.55 bits per heavy atom. The highest BCUT2D eigenvalue weighted by Gasteiger charge is 2.52. The maximum atomic E-state index is 5.52. The summed E-state index contributed by atoms with van der Waals surface area (Å²) in [6.07, 6.45) is 0. The largest absolute Gasteiger partial charge is 0.228 e. The fraction of sp³-hybridized carbons (Fsp3) is 0.0169. The molecule has 0 saturated carbocycles. The maximum Gasteiger partial charge on any atom is 0.160 e. The first-order valence-electron chi connectivity index (χ1n) is 21.2. The van der Waals surface area contributed by atoms with Crippen LogP contribution in [0.15, 0.2) is 218 Å². The lowest BCUT2D eigenvalue weighted by Crippen LogP contribution is -2.26. The summed E-state index contributed by atoms with van der Waals surface area (Å²) in [5.74, 6) is 0.700. The molecule has 0 amide bonds. The van der Waals surface area contributed by atoms with Gasteiger partial charge in [-0.05, 0) is 97.1 Å². The molecule has 13 rings (SSSR count). The minimum atomic E-state index is -0.517. The minimum absolute atomic E-state index is 0.517. The van der Waals surface area contributed by atoms with Gasteiger partial charge in [0, 0.05) is 36.9 Å². The number of rotatable bonds is 5. The molecule has 11 aromatic rings. The van der Waals surface area contributed by atoms with Gasteiger partial charge in [-0.15, -0.1) is 11.3 Å². The predicted molar refractivity (Wildman–Crippen MR) is 258 cm³/mol. The number of nitrogens with zero attached hydrogens (tertiary/aromatic N) is 2. The lowest BCUT2D eigenvalue weighted by molar-refractivity contribution is 0.795. The Morgan fingerprint density at radius 2 is 0.823 bits per heavy atom. The van der Waals surface area contributed by atoms with Crippen molar-refractivity contribution in [3.05, 3.63) is 241 Å². The van der Waals surface area contributed by atoms with E-state index in [-0.39, 0.29) is 0 Å². The number of thiophene rings is 1. The van der Waals surface area contributed by atoms with E-state index >= 15 is 0 Å². The second-order valence-corrected chi connectivity index (χ2v) is 17.4. The van der Waals surface area contributed by atoms with Gasteiger partial charge in [0.1, 0.15) is 0 Å². The van der Waals surface area contributed by atoms with Gasteiger partial charge in [-0.3, -0.25) is 0 Å². The second kappa shape index (κ2) is 13.7. The summed E-state index contributed by atoms with van der Waals surface area (Å²) in [7, 11) is 0. The van der Waals surface area contributed by atoms with Gasteiger partial charge < -0.3 is 0 Å². The Labute approximate surface area is 364 Å². The summed E-state index contributed by atoms with van der Waals surface area (Å²) in [4.78, 5) is 11.0. The minimum Gasteiger partial charge on any atom is -0.228 e. The Morgan fingerprint density at radius 1 is 0.323 bits per heavy atom. The Kier molecular flexibility index (Phi) is 7.72. The quantitative estimate of drug-likeness (QED) is 0.173. The Balaban J connectivity index is 1.09. The monoisotopic (exact) mass is 804 g/mol. The van der Waals surface area contributed by atoms with Crippen LogP contribution in [0.3, 0.4) is 0 Å². The number of fused-ring (bicyclic) bond motifs is 13. The van der Waals surface area contributed by atoms with E-state index in [1.807, 2.05) is 11.3 Å². The zero-order chi connectivity index (χ0) is 40.8. The summed E-state index contributed by atoms with van der Waals surface area (Å²) in [5.41, 5.74) is 19.4. The zero-order valence-electron chi connectivity index (χ0n) is 33.6. The van der Waals surface area contributed by atoms with Crippen LogP contribution in [0.25, 0.3) is 98.6 Å². The van der Waals surface area contributed by atoms with Crippen molar-refractivity contribution in [3.63, 3.8) is 0 Å². The van der Waals surface area contributed by atoms with E-state index in [9.17, 15) is 0 Å². The summed E-state index contributed by atoms with van der Waals surface area (Å²) >= 11 is 1.87. The normalized spacial score (nSPS) is 13.0. The van der Waals surface area contributed by atoms with Gasteiger partial charge in [0.25, 0.3) is 0 Å². The zero-order valence-corrected chi connectivity index (χ0v) is 34.4. The molecule has 0 radical (unpaired) electrons. The third-order valence-corrected chi connectivity index (χ3v) is 14.3. The molecule has 0 saturated heterocycles. The second-order valence-electron chi connectivity index (χ2n) is 16.4. The van der Waals surface area contributed by atoms with Gasteiger partial charge in [0.15, 0.2) is 5.82 Å². The molecule has 2 aliphatic carbocycles. The molecule has 2 heterocycles. The van der Waals surface area contributed by atoms with Gasteiger partial charge in [0.05, 0.1) is 16.8 Å². The fourth-order valence-corrected chi connectivity index (χ4v) is 11.8. The smallest absolute Gasteiger partial charge is 0.160 e. The van der Waals surface area contributed by atoms with Crippen molar-refractivity contribution in [1.29, 1.82) is 0 Å². The number of benzene rings is 9. The van der Waals surface area contributed by atoms with E-state index in [1.165, 1.54) is 70.2 Å². The Bertz CT molecular complexity index is 3520. The highest BCUT2D eigenvalue weighted by molar-refractivity contribution is 7.26. The molecule has 0 N–H and O–H groups in total. The fourth-order valence-electron chi connectivity index (χ4n) is 10.5. The molecule has 0 bridgehead atoms. The first-order valence-corrected chi connectivity index (χ1v) is 22.0. The van der Waals surface area contributed by atoms with Crippen LogP contribution in [0.5, 0.6) is 0 Å².